The number of fused-ring (bicyclic) bond motifs is 3. The summed E-state index contributed by atoms with van der Waals surface area (Å²) in [5.41, 5.74) is 8.82. The number of ether oxygens (including phenoxy) is 1. The molecule has 3 aromatic heterocycles. The first-order valence-corrected chi connectivity index (χ1v) is 10.8. The topological polar surface area (TPSA) is 103 Å². The molecule has 0 saturated carbocycles. The van der Waals surface area contributed by atoms with Crippen molar-refractivity contribution in [3.63, 3.8) is 0 Å². The predicted molar refractivity (Wildman–Crippen MR) is 124 cm³/mol. The van der Waals surface area contributed by atoms with Gasteiger partial charge in [-0.05, 0) is 25.1 Å². The van der Waals surface area contributed by atoms with Crippen molar-refractivity contribution in [3.8, 4) is 0 Å². The standard InChI is InChI=1S/C22H27N9O/c1-3-18(32-2)19-25-21-17-15-24-30(20(17)26-22(23)31(21)27-19)14-11-28-9-12-29(13-10-28)16-7-5-4-6-8-16/h3-8,15H,9-14H2,1-2H3,(H2,23,26)/b18-3-. The minimum atomic E-state index is 0.274. The molecule has 10 nitrogen and oxygen atoms in total. The number of anilines is 2. The molecule has 1 fully saturated rings. The van der Waals surface area contributed by atoms with E-state index in [1.165, 1.54) is 10.2 Å². The SMILES string of the molecule is C/C=C(\OC)c1nc2c3cnn(CCN4CCN(c5ccccc5)CC4)c3nc(N)n2n1. The van der Waals surface area contributed by atoms with Crippen LogP contribution in [-0.2, 0) is 11.3 Å². The number of hydrogen-bond acceptors (Lipinski definition) is 8. The molecule has 1 aromatic carbocycles. The number of methoxy groups -OCH3 is 1. The third-order valence-corrected chi connectivity index (χ3v) is 5.92. The molecule has 1 saturated heterocycles. The molecule has 0 spiro atoms. The van der Waals surface area contributed by atoms with E-state index < -0.39 is 0 Å². The van der Waals surface area contributed by atoms with E-state index in [-0.39, 0.29) is 5.95 Å². The van der Waals surface area contributed by atoms with Gasteiger partial charge in [0.25, 0.3) is 0 Å². The van der Waals surface area contributed by atoms with Crippen molar-refractivity contribution in [1.29, 1.82) is 0 Å². The summed E-state index contributed by atoms with van der Waals surface area (Å²) in [5, 5.41) is 9.82. The zero-order valence-electron chi connectivity index (χ0n) is 18.3. The van der Waals surface area contributed by atoms with E-state index in [0.717, 1.165) is 50.3 Å². The predicted octanol–water partition coefficient (Wildman–Crippen LogP) is 1.89. The van der Waals surface area contributed by atoms with Crippen LogP contribution < -0.4 is 10.6 Å². The van der Waals surface area contributed by atoms with E-state index in [2.05, 4.69) is 60.3 Å². The Morgan fingerprint density at radius 3 is 2.56 bits per heavy atom. The maximum absolute atomic E-state index is 6.19. The largest absolute Gasteiger partial charge is 0.493 e. The molecule has 32 heavy (non-hydrogen) atoms. The summed E-state index contributed by atoms with van der Waals surface area (Å²) in [6.45, 7) is 7.58. The second-order valence-electron chi connectivity index (χ2n) is 7.77. The molecule has 0 bridgehead atoms. The van der Waals surface area contributed by atoms with Gasteiger partial charge >= 0.3 is 0 Å². The highest BCUT2D eigenvalue weighted by Crippen LogP contribution is 2.22. The zero-order chi connectivity index (χ0) is 22.1. The summed E-state index contributed by atoms with van der Waals surface area (Å²) >= 11 is 0. The molecule has 2 N–H and O–H groups in total. The van der Waals surface area contributed by atoms with Gasteiger partial charge in [-0.2, -0.15) is 14.6 Å². The highest BCUT2D eigenvalue weighted by atomic mass is 16.5. The lowest BCUT2D eigenvalue weighted by Gasteiger charge is -2.36. The smallest absolute Gasteiger partial charge is 0.225 e. The van der Waals surface area contributed by atoms with Gasteiger partial charge in [0.15, 0.2) is 17.1 Å². The van der Waals surface area contributed by atoms with E-state index >= 15 is 0 Å². The van der Waals surface area contributed by atoms with Crippen molar-refractivity contribution in [3.05, 3.63) is 48.4 Å². The van der Waals surface area contributed by atoms with Gasteiger partial charge in [-0.1, -0.05) is 18.2 Å². The fraction of sp³-hybridized carbons (Fsp3) is 0.364. The Morgan fingerprint density at radius 1 is 1.06 bits per heavy atom. The molecule has 10 heteroatoms. The lowest BCUT2D eigenvalue weighted by molar-refractivity contribution is 0.245. The molecular weight excluding hydrogens is 406 g/mol. The van der Waals surface area contributed by atoms with E-state index in [1.54, 1.807) is 13.3 Å². The minimum absolute atomic E-state index is 0.274. The summed E-state index contributed by atoms with van der Waals surface area (Å²) in [6, 6.07) is 10.6. The maximum Gasteiger partial charge on any atom is 0.225 e. The number of rotatable bonds is 6. The molecule has 0 radical (unpaired) electrons. The van der Waals surface area contributed by atoms with Crippen molar-refractivity contribution in [2.45, 2.75) is 13.5 Å². The summed E-state index contributed by atoms with van der Waals surface area (Å²) in [6.07, 6.45) is 3.60. The van der Waals surface area contributed by atoms with Crippen LogP contribution >= 0.6 is 0 Å². The van der Waals surface area contributed by atoms with Gasteiger partial charge in [0.05, 0.1) is 25.2 Å². The Kier molecular flexibility index (Phi) is 5.36. The fourth-order valence-electron chi connectivity index (χ4n) is 4.17. The molecule has 0 amide bonds. The second kappa shape index (κ2) is 8.46. The van der Waals surface area contributed by atoms with Crippen molar-refractivity contribution >= 4 is 34.1 Å². The lowest BCUT2D eigenvalue weighted by atomic mass is 10.2. The highest BCUT2D eigenvalue weighted by molar-refractivity contribution is 5.90. The van der Waals surface area contributed by atoms with Gasteiger partial charge in [0, 0.05) is 38.4 Å². The third kappa shape index (κ3) is 3.62. The number of benzene rings is 1. The van der Waals surface area contributed by atoms with Gasteiger partial charge in [-0.25, -0.2) is 9.67 Å². The number of hydrogen-bond donors (Lipinski definition) is 1. The number of para-hydroxylation sites is 1. The van der Waals surface area contributed by atoms with Gasteiger partial charge < -0.3 is 15.4 Å². The minimum Gasteiger partial charge on any atom is -0.493 e. The average molecular weight is 434 g/mol. The number of nitrogen functional groups attached to an aromatic ring is 1. The van der Waals surface area contributed by atoms with Crippen LogP contribution in [0.4, 0.5) is 11.6 Å². The normalized spacial score (nSPS) is 15.7. The number of allylic oxidation sites excluding steroid dienone is 1. The first-order chi connectivity index (χ1) is 15.7. The molecule has 1 aliphatic rings. The van der Waals surface area contributed by atoms with Crippen LogP contribution in [0.15, 0.2) is 42.6 Å². The van der Waals surface area contributed by atoms with Crippen LogP contribution in [0.5, 0.6) is 0 Å². The molecule has 4 heterocycles. The summed E-state index contributed by atoms with van der Waals surface area (Å²) in [4.78, 5) is 14.1. The first kappa shape index (κ1) is 20.3. The third-order valence-electron chi connectivity index (χ3n) is 5.92. The van der Waals surface area contributed by atoms with E-state index in [1.807, 2.05) is 17.7 Å². The Hall–Kier alpha value is -3.66. The maximum atomic E-state index is 6.19. The fourth-order valence-corrected chi connectivity index (χ4v) is 4.17. The molecule has 1 aliphatic heterocycles. The van der Waals surface area contributed by atoms with E-state index in [9.17, 15) is 0 Å². The lowest BCUT2D eigenvalue weighted by Crippen LogP contribution is -2.47. The van der Waals surface area contributed by atoms with Gasteiger partial charge in [0.1, 0.15) is 0 Å². The quantitative estimate of drug-likeness (QED) is 0.460. The Labute approximate surface area is 185 Å². The highest BCUT2D eigenvalue weighted by Gasteiger charge is 2.20. The number of aromatic nitrogens is 6. The van der Waals surface area contributed by atoms with Crippen LogP contribution in [0, 0.1) is 0 Å². The summed E-state index contributed by atoms with van der Waals surface area (Å²) in [7, 11) is 1.59. The number of nitrogens with zero attached hydrogens (tertiary/aromatic N) is 8. The van der Waals surface area contributed by atoms with Crippen molar-refractivity contribution in [1.82, 2.24) is 34.3 Å². The molecule has 0 aliphatic carbocycles. The van der Waals surface area contributed by atoms with Gasteiger partial charge in [-0.3, -0.25) is 4.90 Å². The van der Waals surface area contributed by atoms with Crippen LogP contribution in [-0.4, -0.2) is 74.1 Å². The van der Waals surface area contributed by atoms with Crippen molar-refractivity contribution in [2.75, 3.05) is 50.5 Å². The van der Waals surface area contributed by atoms with Gasteiger partial charge in [0.2, 0.25) is 11.8 Å². The summed E-state index contributed by atoms with van der Waals surface area (Å²) < 4.78 is 8.78. The molecule has 0 atom stereocenters. The number of nitrogens with two attached hydrogens (primary N) is 1. The molecule has 0 unspecified atom stereocenters. The average Bonchev–Trinajstić information content (AvgIpc) is 3.44. The van der Waals surface area contributed by atoms with Crippen LogP contribution in [0.25, 0.3) is 22.4 Å². The van der Waals surface area contributed by atoms with Gasteiger partial charge in [-0.15, -0.1) is 5.10 Å². The Morgan fingerprint density at radius 2 is 1.84 bits per heavy atom. The molecular formula is C22H27N9O. The molecule has 4 aromatic rings. The van der Waals surface area contributed by atoms with E-state index in [4.69, 9.17) is 10.5 Å². The molecule has 166 valence electrons. The van der Waals surface area contributed by atoms with E-state index in [0.29, 0.717) is 17.2 Å². The summed E-state index contributed by atoms with van der Waals surface area (Å²) in [5.74, 6) is 1.33. The Balaban J connectivity index is 1.31. The zero-order valence-corrected chi connectivity index (χ0v) is 18.3. The van der Waals surface area contributed by atoms with Crippen molar-refractivity contribution < 1.29 is 4.74 Å². The first-order valence-electron chi connectivity index (χ1n) is 10.8. The second-order valence-corrected chi connectivity index (χ2v) is 7.77. The Bertz CT molecular complexity index is 1250. The van der Waals surface area contributed by atoms with Crippen LogP contribution in [0.2, 0.25) is 0 Å². The monoisotopic (exact) mass is 433 g/mol. The van der Waals surface area contributed by atoms with Crippen LogP contribution in [0.3, 0.4) is 0 Å². The van der Waals surface area contributed by atoms with Crippen molar-refractivity contribution in [2.24, 2.45) is 0 Å². The number of piperazine rings is 1. The molecule has 5 rings (SSSR count). The van der Waals surface area contributed by atoms with Crippen LogP contribution in [0.1, 0.15) is 12.7 Å².